The molecule has 0 aliphatic carbocycles. The topological polar surface area (TPSA) is 29.9 Å². The van der Waals surface area contributed by atoms with E-state index in [9.17, 15) is 4.39 Å². The van der Waals surface area contributed by atoms with Gasteiger partial charge in [-0.15, -0.1) is 0 Å². The lowest BCUT2D eigenvalue weighted by atomic mass is 9.94. The number of hydrogen-bond acceptors (Lipinski definition) is 2. The number of hydrogen-bond donors (Lipinski definition) is 1. The molecule has 0 amide bonds. The number of nitrogens with zero attached hydrogens (tertiary/aromatic N) is 2. The van der Waals surface area contributed by atoms with Gasteiger partial charge in [0.2, 0.25) is 0 Å². The van der Waals surface area contributed by atoms with Crippen molar-refractivity contribution in [2.24, 2.45) is 7.05 Å². The van der Waals surface area contributed by atoms with Crippen LogP contribution < -0.4 is 5.32 Å². The van der Waals surface area contributed by atoms with Gasteiger partial charge in [0.05, 0.1) is 11.7 Å². The molecule has 1 aromatic heterocycles. The fourth-order valence-corrected chi connectivity index (χ4v) is 2.62. The molecule has 0 spiro atoms. The van der Waals surface area contributed by atoms with Gasteiger partial charge in [0.1, 0.15) is 5.82 Å². The van der Waals surface area contributed by atoms with Gasteiger partial charge in [-0.3, -0.25) is 4.68 Å². The van der Waals surface area contributed by atoms with E-state index in [4.69, 9.17) is 0 Å². The lowest BCUT2D eigenvalue weighted by molar-refractivity contribution is 0.607. The Kier molecular flexibility index (Phi) is 4.55. The molecule has 108 valence electrons. The number of nitrogens with one attached hydrogen (secondary N) is 1. The van der Waals surface area contributed by atoms with Crippen LogP contribution in [-0.2, 0) is 13.5 Å². The minimum atomic E-state index is -0.191. The van der Waals surface area contributed by atoms with Crippen molar-refractivity contribution in [1.82, 2.24) is 15.1 Å². The summed E-state index contributed by atoms with van der Waals surface area (Å²) in [7, 11) is 1.93. The first-order valence-corrected chi connectivity index (χ1v) is 7.08. The molecule has 0 radical (unpaired) electrons. The van der Waals surface area contributed by atoms with Gasteiger partial charge in [0.15, 0.2) is 0 Å². The molecule has 0 bridgehead atoms. The fourth-order valence-electron chi connectivity index (χ4n) is 2.62. The number of rotatable bonds is 5. The summed E-state index contributed by atoms with van der Waals surface area (Å²) in [6.07, 6.45) is 2.94. The lowest BCUT2D eigenvalue weighted by Gasteiger charge is -2.20. The van der Waals surface area contributed by atoms with Gasteiger partial charge in [0, 0.05) is 18.8 Å². The maximum atomic E-state index is 13.3. The molecule has 0 fully saturated rings. The summed E-state index contributed by atoms with van der Waals surface area (Å²) in [6.45, 7) is 6.98. The molecule has 2 aromatic rings. The Morgan fingerprint density at radius 3 is 2.65 bits per heavy atom. The molecular weight excluding hydrogens is 253 g/mol. The molecule has 3 nitrogen and oxygen atoms in total. The van der Waals surface area contributed by atoms with Gasteiger partial charge in [-0.1, -0.05) is 19.9 Å². The van der Waals surface area contributed by atoms with Gasteiger partial charge in [0.25, 0.3) is 0 Å². The van der Waals surface area contributed by atoms with E-state index >= 15 is 0 Å². The van der Waals surface area contributed by atoms with Crippen LogP contribution in [0.2, 0.25) is 0 Å². The van der Waals surface area contributed by atoms with Crippen LogP contribution in [0.25, 0.3) is 0 Å². The van der Waals surface area contributed by atoms with Crippen molar-refractivity contribution in [2.45, 2.75) is 33.2 Å². The third kappa shape index (κ3) is 2.90. The number of aromatic nitrogens is 2. The molecule has 1 N–H and O–H groups in total. The molecule has 1 atom stereocenters. The van der Waals surface area contributed by atoms with Crippen LogP contribution in [-0.4, -0.2) is 16.3 Å². The van der Waals surface area contributed by atoms with Gasteiger partial charge in [-0.25, -0.2) is 4.39 Å². The van der Waals surface area contributed by atoms with Crippen LogP contribution in [0.5, 0.6) is 0 Å². The normalized spacial score (nSPS) is 12.7. The highest BCUT2D eigenvalue weighted by atomic mass is 19.1. The Morgan fingerprint density at radius 2 is 2.05 bits per heavy atom. The summed E-state index contributed by atoms with van der Waals surface area (Å²) in [5, 5.41) is 8.00. The average molecular weight is 275 g/mol. The van der Waals surface area contributed by atoms with E-state index in [0.29, 0.717) is 0 Å². The van der Waals surface area contributed by atoms with Crippen LogP contribution in [0, 0.1) is 12.7 Å². The fraction of sp³-hybridized carbons (Fsp3) is 0.438. The zero-order valence-corrected chi connectivity index (χ0v) is 12.6. The molecular formula is C16H22FN3. The van der Waals surface area contributed by atoms with Crippen LogP contribution in [0.1, 0.15) is 42.3 Å². The number of halogens is 1. The highest BCUT2D eigenvalue weighted by Crippen LogP contribution is 2.27. The second kappa shape index (κ2) is 6.18. The minimum absolute atomic E-state index is 0.0595. The standard InChI is InChI=1S/C16H22FN3/c1-5-15-14(10-20(4)19-15)16(18-6-2)13-8-7-12(17)9-11(13)3/h7-10,16,18H,5-6H2,1-4H3. The van der Waals surface area contributed by atoms with Crippen LogP contribution in [0.4, 0.5) is 4.39 Å². The Hall–Kier alpha value is -1.68. The monoisotopic (exact) mass is 275 g/mol. The van der Waals surface area contributed by atoms with Crippen LogP contribution in [0.15, 0.2) is 24.4 Å². The molecule has 20 heavy (non-hydrogen) atoms. The van der Waals surface area contributed by atoms with Crippen molar-refractivity contribution in [3.63, 3.8) is 0 Å². The predicted octanol–water partition coefficient (Wildman–Crippen LogP) is 3.13. The van der Waals surface area contributed by atoms with Crippen molar-refractivity contribution in [1.29, 1.82) is 0 Å². The van der Waals surface area contributed by atoms with Gasteiger partial charge in [-0.2, -0.15) is 5.10 Å². The van der Waals surface area contributed by atoms with E-state index in [2.05, 4.69) is 30.5 Å². The van der Waals surface area contributed by atoms with Gasteiger partial charge < -0.3 is 5.32 Å². The second-order valence-corrected chi connectivity index (χ2v) is 5.05. The Balaban J connectivity index is 2.49. The largest absolute Gasteiger partial charge is 0.306 e. The SMILES string of the molecule is CCNC(c1ccc(F)cc1C)c1cn(C)nc1CC. The van der Waals surface area contributed by atoms with Crippen molar-refractivity contribution >= 4 is 0 Å². The molecule has 0 aliphatic rings. The van der Waals surface area contributed by atoms with E-state index < -0.39 is 0 Å². The summed E-state index contributed by atoms with van der Waals surface area (Å²) in [5.41, 5.74) is 4.33. The van der Waals surface area contributed by atoms with E-state index in [1.165, 1.54) is 11.6 Å². The van der Waals surface area contributed by atoms with Crippen molar-refractivity contribution in [2.75, 3.05) is 6.54 Å². The molecule has 4 heteroatoms. The lowest BCUT2D eigenvalue weighted by Crippen LogP contribution is -2.23. The van der Waals surface area contributed by atoms with Crippen molar-refractivity contribution in [3.8, 4) is 0 Å². The maximum absolute atomic E-state index is 13.3. The first-order chi connectivity index (χ1) is 9.56. The summed E-state index contributed by atoms with van der Waals surface area (Å²) in [4.78, 5) is 0. The van der Waals surface area contributed by atoms with E-state index in [1.54, 1.807) is 6.07 Å². The molecule has 2 rings (SSSR count). The Labute approximate surface area is 119 Å². The van der Waals surface area contributed by atoms with Crippen molar-refractivity contribution < 1.29 is 4.39 Å². The molecule has 0 saturated heterocycles. The third-order valence-electron chi connectivity index (χ3n) is 3.53. The highest BCUT2D eigenvalue weighted by molar-refractivity contribution is 5.38. The van der Waals surface area contributed by atoms with Crippen molar-refractivity contribution in [3.05, 3.63) is 52.6 Å². The second-order valence-electron chi connectivity index (χ2n) is 5.05. The number of aryl methyl sites for hydroxylation is 3. The Bertz CT molecular complexity index is 589. The van der Waals surface area contributed by atoms with Gasteiger partial charge >= 0.3 is 0 Å². The summed E-state index contributed by atoms with van der Waals surface area (Å²) in [5.74, 6) is -0.191. The predicted molar refractivity (Wildman–Crippen MR) is 79.2 cm³/mol. The smallest absolute Gasteiger partial charge is 0.123 e. The summed E-state index contributed by atoms with van der Waals surface area (Å²) >= 11 is 0. The first-order valence-electron chi connectivity index (χ1n) is 7.08. The maximum Gasteiger partial charge on any atom is 0.123 e. The number of benzene rings is 1. The molecule has 0 saturated carbocycles. The minimum Gasteiger partial charge on any atom is -0.306 e. The third-order valence-corrected chi connectivity index (χ3v) is 3.53. The molecule has 0 aliphatic heterocycles. The highest BCUT2D eigenvalue weighted by Gasteiger charge is 2.20. The van der Waals surface area contributed by atoms with E-state index in [-0.39, 0.29) is 11.9 Å². The van der Waals surface area contributed by atoms with E-state index in [1.807, 2.05) is 24.7 Å². The summed E-state index contributed by atoms with van der Waals surface area (Å²) in [6, 6.07) is 5.03. The zero-order valence-electron chi connectivity index (χ0n) is 12.6. The summed E-state index contributed by atoms with van der Waals surface area (Å²) < 4.78 is 15.2. The van der Waals surface area contributed by atoms with Crippen LogP contribution >= 0.6 is 0 Å². The van der Waals surface area contributed by atoms with E-state index in [0.717, 1.165) is 29.8 Å². The first kappa shape index (κ1) is 14.7. The average Bonchev–Trinajstić information content (AvgIpc) is 2.78. The zero-order chi connectivity index (χ0) is 14.7. The molecule has 1 aromatic carbocycles. The quantitative estimate of drug-likeness (QED) is 0.908. The van der Waals surface area contributed by atoms with Crippen LogP contribution in [0.3, 0.4) is 0 Å². The molecule has 1 unspecified atom stereocenters. The van der Waals surface area contributed by atoms with Gasteiger partial charge in [-0.05, 0) is 43.1 Å². The Morgan fingerprint density at radius 1 is 1.30 bits per heavy atom. The molecule has 1 heterocycles.